The molecule has 2 aromatic rings. The largest absolute Gasteiger partial charge is 0.497 e. The first kappa shape index (κ1) is 15.8. The normalized spacial score (nSPS) is 11.4. The topological polar surface area (TPSA) is 55.4 Å². The van der Waals surface area contributed by atoms with Gasteiger partial charge in [0.05, 0.1) is 12.0 Å². The van der Waals surface area contributed by atoms with Crippen molar-refractivity contribution in [2.75, 3.05) is 7.11 Å². The van der Waals surface area contributed by atoms with E-state index in [9.17, 15) is 8.42 Å². The van der Waals surface area contributed by atoms with E-state index in [1.54, 1.807) is 18.2 Å². The van der Waals surface area contributed by atoms with Crippen LogP contribution < -0.4 is 9.46 Å². The minimum Gasteiger partial charge on any atom is -0.497 e. The Labute approximate surface area is 129 Å². The van der Waals surface area contributed by atoms with Crippen LogP contribution in [-0.2, 0) is 16.6 Å². The predicted octanol–water partition coefficient (Wildman–Crippen LogP) is 3.14. The third-order valence-corrected chi connectivity index (χ3v) is 4.90. The van der Waals surface area contributed by atoms with E-state index < -0.39 is 10.0 Å². The van der Waals surface area contributed by atoms with E-state index >= 15 is 0 Å². The van der Waals surface area contributed by atoms with Crippen LogP contribution >= 0.6 is 11.6 Å². The number of sulfonamides is 1. The highest BCUT2D eigenvalue weighted by molar-refractivity contribution is 7.89. The monoisotopic (exact) mass is 325 g/mol. The Morgan fingerprint density at radius 2 is 1.81 bits per heavy atom. The van der Waals surface area contributed by atoms with E-state index in [-0.39, 0.29) is 11.4 Å². The number of hydrogen-bond donors (Lipinski definition) is 1. The zero-order valence-electron chi connectivity index (χ0n) is 11.8. The molecule has 0 bridgehead atoms. The molecule has 0 saturated carbocycles. The molecule has 4 nitrogen and oxygen atoms in total. The van der Waals surface area contributed by atoms with Crippen molar-refractivity contribution in [3.8, 4) is 5.75 Å². The van der Waals surface area contributed by atoms with Gasteiger partial charge in [0.25, 0.3) is 0 Å². The summed E-state index contributed by atoms with van der Waals surface area (Å²) >= 11 is 6.02. The number of hydrogen-bond acceptors (Lipinski definition) is 3. The van der Waals surface area contributed by atoms with Crippen molar-refractivity contribution in [2.45, 2.75) is 18.4 Å². The van der Waals surface area contributed by atoms with E-state index in [2.05, 4.69) is 4.72 Å². The lowest BCUT2D eigenvalue weighted by Crippen LogP contribution is -2.23. The van der Waals surface area contributed by atoms with Crippen LogP contribution in [0.1, 0.15) is 11.1 Å². The van der Waals surface area contributed by atoms with E-state index in [1.807, 2.05) is 19.1 Å². The summed E-state index contributed by atoms with van der Waals surface area (Å²) < 4.78 is 31.9. The number of benzene rings is 2. The maximum absolute atomic E-state index is 12.2. The number of ether oxygens (including phenoxy) is 1. The predicted molar refractivity (Wildman–Crippen MR) is 83.2 cm³/mol. The molecule has 0 aliphatic rings. The average molecular weight is 326 g/mol. The number of halogens is 1. The van der Waals surface area contributed by atoms with Gasteiger partial charge >= 0.3 is 0 Å². The average Bonchev–Trinajstić information content (AvgIpc) is 2.48. The van der Waals surface area contributed by atoms with Gasteiger partial charge in [-0.05, 0) is 48.4 Å². The molecule has 0 aliphatic heterocycles. The van der Waals surface area contributed by atoms with E-state index in [0.29, 0.717) is 10.8 Å². The van der Waals surface area contributed by atoms with Crippen LogP contribution in [0.2, 0.25) is 5.02 Å². The van der Waals surface area contributed by atoms with E-state index in [0.717, 1.165) is 11.1 Å². The third kappa shape index (κ3) is 3.97. The van der Waals surface area contributed by atoms with Gasteiger partial charge in [-0.1, -0.05) is 23.7 Å². The fraction of sp³-hybridized carbons (Fsp3) is 0.200. The van der Waals surface area contributed by atoms with Crippen molar-refractivity contribution in [2.24, 2.45) is 0 Å². The zero-order chi connectivity index (χ0) is 15.5. The summed E-state index contributed by atoms with van der Waals surface area (Å²) in [5.41, 5.74) is 1.76. The van der Waals surface area contributed by atoms with E-state index in [4.69, 9.17) is 16.3 Å². The first-order valence-corrected chi connectivity index (χ1v) is 8.17. The summed E-state index contributed by atoms with van der Waals surface area (Å²) in [6.45, 7) is 2.09. The van der Waals surface area contributed by atoms with Crippen LogP contribution in [0.5, 0.6) is 5.75 Å². The molecule has 2 rings (SSSR count). The van der Waals surface area contributed by atoms with Crippen LogP contribution in [0.4, 0.5) is 0 Å². The number of nitrogens with one attached hydrogen (secondary N) is 1. The van der Waals surface area contributed by atoms with Crippen molar-refractivity contribution >= 4 is 21.6 Å². The van der Waals surface area contributed by atoms with Gasteiger partial charge in [0, 0.05) is 11.6 Å². The molecule has 1 N–H and O–H groups in total. The maximum Gasteiger partial charge on any atom is 0.240 e. The Morgan fingerprint density at radius 1 is 1.14 bits per heavy atom. The fourth-order valence-electron chi connectivity index (χ4n) is 1.76. The van der Waals surface area contributed by atoms with Gasteiger partial charge < -0.3 is 4.74 Å². The van der Waals surface area contributed by atoms with Gasteiger partial charge in [-0.3, -0.25) is 0 Å². The molecule has 0 saturated heterocycles. The highest BCUT2D eigenvalue weighted by Gasteiger charge is 2.13. The van der Waals surface area contributed by atoms with Gasteiger partial charge in [0.15, 0.2) is 0 Å². The molecule has 2 aromatic carbocycles. The lowest BCUT2D eigenvalue weighted by Gasteiger charge is -2.08. The molecule has 112 valence electrons. The number of methoxy groups -OCH3 is 1. The summed E-state index contributed by atoms with van der Waals surface area (Å²) in [6, 6.07) is 11.7. The number of rotatable bonds is 5. The summed E-state index contributed by atoms with van der Waals surface area (Å²) in [4.78, 5) is 0.196. The standard InChI is InChI=1S/C15H16ClNO3S/c1-11-3-4-12(9-15(11)16)10-17-21(18,19)14-7-5-13(20-2)6-8-14/h3-9,17H,10H2,1-2H3. The minimum absolute atomic E-state index is 0.189. The highest BCUT2D eigenvalue weighted by atomic mass is 35.5. The minimum atomic E-state index is -3.56. The van der Waals surface area contributed by atoms with Gasteiger partial charge in [0.2, 0.25) is 10.0 Å². The van der Waals surface area contributed by atoms with Crippen molar-refractivity contribution in [3.63, 3.8) is 0 Å². The molecule has 0 aromatic heterocycles. The maximum atomic E-state index is 12.2. The van der Waals surface area contributed by atoms with Crippen molar-refractivity contribution in [1.82, 2.24) is 4.72 Å². The Kier molecular flexibility index (Phi) is 4.88. The fourth-order valence-corrected chi connectivity index (χ4v) is 2.98. The van der Waals surface area contributed by atoms with Crippen LogP contribution in [-0.4, -0.2) is 15.5 Å². The second-order valence-corrected chi connectivity index (χ2v) is 6.76. The second kappa shape index (κ2) is 6.47. The first-order valence-electron chi connectivity index (χ1n) is 6.31. The molecule has 0 fully saturated rings. The van der Waals surface area contributed by atoms with Crippen LogP contribution in [0.25, 0.3) is 0 Å². The van der Waals surface area contributed by atoms with Crippen molar-refractivity contribution < 1.29 is 13.2 Å². The lowest BCUT2D eigenvalue weighted by atomic mass is 10.1. The lowest BCUT2D eigenvalue weighted by molar-refractivity contribution is 0.414. The summed E-state index contributed by atoms with van der Waals surface area (Å²) in [7, 11) is -2.02. The molecular weight excluding hydrogens is 310 g/mol. The van der Waals surface area contributed by atoms with Gasteiger partial charge in [-0.2, -0.15) is 0 Å². The molecule has 0 radical (unpaired) electrons. The van der Waals surface area contributed by atoms with Gasteiger partial charge in [-0.25, -0.2) is 13.1 Å². The van der Waals surface area contributed by atoms with Crippen LogP contribution in [0.3, 0.4) is 0 Å². The van der Waals surface area contributed by atoms with E-state index in [1.165, 1.54) is 19.2 Å². The molecule has 0 heterocycles. The summed E-state index contributed by atoms with van der Waals surface area (Å²) in [5, 5.41) is 0.621. The zero-order valence-corrected chi connectivity index (χ0v) is 13.3. The SMILES string of the molecule is COc1ccc(S(=O)(=O)NCc2ccc(C)c(Cl)c2)cc1. The van der Waals surface area contributed by atoms with Crippen molar-refractivity contribution in [1.29, 1.82) is 0 Å². The first-order chi connectivity index (χ1) is 9.92. The molecule has 21 heavy (non-hydrogen) atoms. The Bertz CT molecular complexity index is 727. The molecule has 0 aliphatic carbocycles. The Balaban J connectivity index is 2.11. The molecule has 6 heteroatoms. The second-order valence-electron chi connectivity index (χ2n) is 4.58. The molecule has 0 atom stereocenters. The quantitative estimate of drug-likeness (QED) is 0.918. The van der Waals surface area contributed by atoms with Crippen molar-refractivity contribution in [3.05, 3.63) is 58.6 Å². The summed E-state index contributed by atoms with van der Waals surface area (Å²) in [6.07, 6.45) is 0. The molecule has 0 amide bonds. The van der Waals surface area contributed by atoms with Gasteiger partial charge in [-0.15, -0.1) is 0 Å². The molecule has 0 spiro atoms. The van der Waals surface area contributed by atoms with Crippen LogP contribution in [0, 0.1) is 6.92 Å². The Hall–Kier alpha value is -1.56. The van der Waals surface area contributed by atoms with Gasteiger partial charge in [0.1, 0.15) is 5.75 Å². The smallest absolute Gasteiger partial charge is 0.240 e. The third-order valence-electron chi connectivity index (χ3n) is 3.07. The highest BCUT2D eigenvalue weighted by Crippen LogP contribution is 2.18. The Morgan fingerprint density at radius 3 is 2.38 bits per heavy atom. The van der Waals surface area contributed by atoms with Crippen LogP contribution in [0.15, 0.2) is 47.4 Å². The molecule has 0 unspecified atom stereocenters. The number of aryl methyl sites for hydroxylation is 1. The summed E-state index contributed by atoms with van der Waals surface area (Å²) in [5.74, 6) is 0.610. The molecular formula is C15H16ClNO3S.